The first kappa shape index (κ1) is 26.9. The number of carboxylic acid groups (broad SMARTS) is 1. The summed E-state index contributed by atoms with van der Waals surface area (Å²) >= 11 is 0. The number of ether oxygens (including phenoxy) is 1. The standard InChI is InChI=1S/C28H42N4O3/c1-8-9-14-29-20-10-11-22(31-17-20)21-18-30-19(2)23(25(26(33)34)35-27(3,4)5)24(21)32-15-12-28(6,7)13-16-32/h10-11,17-18,25,29H,8-9,12-16H2,1-7H3,(H,33,34)/t25-/m0/s1. The van der Waals surface area contributed by atoms with Crippen molar-refractivity contribution in [2.24, 2.45) is 5.41 Å². The molecule has 0 aliphatic carbocycles. The van der Waals surface area contributed by atoms with Crippen molar-refractivity contribution in [2.45, 2.75) is 85.9 Å². The van der Waals surface area contributed by atoms with Gasteiger partial charge in [-0.2, -0.15) is 0 Å². The third-order valence-electron chi connectivity index (χ3n) is 6.58. The van der Waals surface area contributed by atoms with Gasteiger partial charge in [0.15, 0.2) is 6.10 Å². The van der Waals surface area contributed by atoms with Crippen LogP contribution >= 0.6 is 0 Å². The molecule has 0 unspecified atom stereocenters. The van der Waals surface area contributed by atoms with Crippen LogP contribution in [0.4, 0.5) is 11.4 Å². The fourth-order valence-corrected chi connectivity index (χ4v) is 4.44. The van der Waals surface area contributed by atoms with Crippen LogP contribution < -0.4 is 10.2 Å². The number of anilines is 2. The molecule has 0 amide bonds. The Labute approximate surface area is 210 Å². The molecular weight excluding hydrogens is 440 g/mol. The van der Waals surface area contributed by atoms with Crippen LogP contribution in [-0.2, 0) is 9.53 Å². The lowest BCUT2D eigenvalue weighted by Gasteiger charge is -2.40. The average molecular weight is 483 g/mol. The Morgan fingerprint density at radius 2 is 1.89 bits per heavy atom. The number of piperidine rings is 1. The van der Waals surface area contributed by atoms with Gasteiger partial charge in [0.2, 0.25) is 0 Å². The zero-order valence-electron chi connectivity index (χ0n) is 22.4. The highest BCUT2D eigenvalue weighted by atomic mass is 16.5. The molecule has 2 N–H and O–H groups in total. The van der Waals surface area contributed by atoms with Gasteiger partial charge < -0.3 is 20.1 Å². The summed E-state index contributed by atoms with van der Waals surface area (Å²) in [6, 6.07) is 4.02. The van der Waals surface area contributed by atoms with Gasteiger partial charge in [0.25, 0.3) is 0 Å². The fourth-order valence-electron chi connectivity index (χ4n) is 4.44. The van der Waals surface area contributed by atoms with Crippen LogP contribution in [0.1, 0.15) is 84.6 Å². The number of nitrogens with one attached hydrogen (secondary N) is 1. The zero-order chi connectivity index (χ0) is 25.8. The fraction of sp³-hybridized carbons (Fsp3) is 0.607. The Hall–Kier alpha value is -2.67. The maximum absolute atomic E-state index is 12.5. The quantitative estimate of drug-likeness (QED) is 0.410. The molecule has 1 aliphatic rings. The van der Waals surface area contributed by atoms with Crippen molar-refractivity contribution in [1.82, 2.24) is 9.97 Å². The number of nitrogens with zero attached hydrogens (tertiary/aromatic N) is 3. The number of hydrogen-bond acceptors (Lipinski definition) is 6. The number of carboxylic acids is 1. The summed E-state index contributed by atoms with van der Waals surface area (Å²) in [5.41, 5.74) is 4.40. The van der Waals surface area contributed by atoms with Crippen LogP contribution in [0.3, 0.4) is 0 Å². The van der Waals surface area contributed by atoms with Gasteiger partial charge in [0.05, 0.1) is 28.9 Å². The van der Waals surface area contributed by atoms with E-state index in [1.54, 1.807) is 0 Å². The highest BCUT2D eigenvalue weighted by molar-refractivity contribution is 5.85. The lowest BCUT2D eigenvalue weighted by Crippen LogP contribution is -2.39. The Morgan fingerprint density at radius 3 is 2.43 bits per heavy atom. The monoisotopic (exact) mass is 482 g/mol. The van der Waals surface area contributed by atoms with Crippen molar-refractivity contribution in [3.8, 4) is 11.3 Å². The maximum Gasteiger partial charge on any atom is 0.337 e. The zero-order valence-corrected chi connectivity index (χ0v) is 22.4. The van der Waals surface area contributed by atoms with Gasteiger partial charge in [-0.1, -0.05) is 27.2 Å². The van der Waals surface area contributed by atoms with E-state index < -0.39 is 17.7 Å². The normalized spacial score (nSPS) is 16.7. The molecule has 35 heavy (non-hydrogen) atoms. The van der Waals surface area contributed by atoms with Gasteiger partial charge in [-0.05, 0) is 64.5 Å². The van der Waals surface area contributed by atoms with Gasteiger partial charge >= 0.3 is 5.97 Å². The third-order valence-corrected chi connectivity index (χ3v) is 6.58. The summed E-state index contributed by atoms with van der Waals surface area (Å²) in [5.74, 6) is -1.01. The average Bonchev–Trinajstić information content (AvgIpc) is 2.78. The van der Waals surface area contributed by atoms with Crippen molar-refractivity contribution in [2.75, 3.05) is 29.9 Å². The number of pyridine rings is 2. The summed E-state index contributed by atoms with van der Waals surface area (Å²) in [7, 11) is 0. The second kappa shape index (κ2) is 10.9. The van der Waals surface area contributed by atoms with E-state index in [4.69, 9.17) is 9.72 Å². The molecule has 3 heterocycles. The summed E-state index contributed by atoms with van der Waals surface area (Å²) in [4.78, 5) is 24.2. The van der Waals surface area contributed by atoms with Gasteiger partial charge in [0.1, 0.15) is 0 Å². The van der Waals surface area contributed by atoms with Crippen LogP contribution in [0.25, 0.3) is 11.3 Å². The molecule has 1 atom stereocenters. The number of rotatable bonds is 9. The number of aryl methyl sites for hydroxylation is 1. The summed E-state index contributed by atoms with van der Waals surface area (Å²) in [6.07, 6.45) is 6.84. The molecule has 0 aromatic carbocycles. The van der Waals surface area contributed by atoms with E-state index in [2.05, 4.69) is 36.0 Å². The van der Waals surface area contributed by atoms with Crippen LogP contribution in [0.2, 0.25) is 0 Å². The largest absolute Gasteiger partial charge is 0.479 e. The molecule has 2 aromatic heterocycles. The van der Waals surface area contributed by atoms with E-state index >= 15 is 0 Å². The van der Waals surface area contributed by atoms with E-state index in [-0.39, 0.29) is 5.41 Å². The SMILES string of the molecule is CCCCNc1ccc(-c2cnc(C)c([C@H](OC(C)(C)C)C(=O)O)c2N2CCC(C)(C)CC2)nc1. The highest BCUT2D eigenvalue weighted by Crippen LogP contribution is 2.43. The van der Waals surface area contributed by atoms with E-state index in [1.807, 2.05) is 52.2 Å². The molecular formula is C28H42N4O3. The van der Waals surface area contributed by atoms with Crippen LogP contribution in [0, 0.1) is 12.3 Å². The van der Waals surface area contributed by atoms with Crippen molar-refractivity contribution in [1.29, 1.82) is 0 Å². The number of hydrogen-bond donors (Lipinski definition) is 2. The van der Waals surface area contributed by atoms with Crippen LogP contribution in [0.15, 0.2) is 24.5 Å². The second-order valence-corrected chi connectivity index (χ2v) is 11.3. The summed E-state index contributed by atoms with van der Waals surface area (Å²) in [6.45, 7) is 16.8. The molecule has 3 rings (SSSR count). The number of unbranched alkanes of at least 4 members (excludes halogenated alkanes) is 1. The first-order valence-corrected chi connectivity index (χ1v) is 12.8. The van der Waals surface area contributed by atoms with Gasteiger partial charge in [-0.3, -0.25) is 9.97 Å². The van der Waals surface area contributed by atoms with Gasteiger partial charge in [-0.25, -0.2) is 4.79 Å². The molecule has 0 spiro atoms. The van der Waals surface area contributed by atoms with E-state index in [9.17, 15) is 9.90 Å². The molecule has 0 saturated carbocycles. The second-order valence-electron chi connectivity index (χ2n) is 11.3. The van der Waals surface area contributed by atoms with Crippen molar-refractivity contribution >= 4 is 17.3 Å². The van der Waals surface area contributed by atoms with E-state index in [1.165, 1.54) is 0 Å². The first-order valence-electron chi connectivity index (χ1n) is 12.8. The minimum absolute atomic E-state index is 0.261. The molecule has 1 aliphatic heterocycles. The van der Waals surface area contributed by atoms with E-state index in [0.717, 1.165) is 67.9 Å². The third kappa shape index (κ3) is 6.94. The van der Waals surface area contributed by atoms with E-state index in [0.29, 0.717) is 11.3 Å². The first-order chi connectivity index (χ1) is 16.4. The maximum atomic E-state index is 12.5. The summed E-state index contributed by atoms with van der Waals surface area (Å²) in [5, 5.41) is 13.6. The molecule has 192 valence electrons. The van der Waals surface area contributed by atoms with Crippen LogP contribution in [0.5, 0.6) is 0 Å². The topological polar surface area (TPSA) is 87.6 Å². The lowest BCUT2D eigenvalue weighted by atomic mass is 9.82. The molecule has 2 aromatic rings. The lowest BCUT2D eigenvalue weighted by molar-refractivity contribution is -0.160. The predicted octanol–water partition coefficient (Wildman–Crippen LogP) is 6.23. The smallest absolute Gasteiger partial charge is 0.337 e. The minimum Gasteiger partial charge on any atom is -0.479 e. The molecule has 1 saturated heterocycles. The Balaban J connectivity index is 2.12. The van der Waals surface area contributed by atoms with Gasteiger partial charge in [-0.15, -0.1) is 0 Å². The number of aromatic nitrogens is 2. The minimum atomic E-state index is -1.12. The Bertz CT molecular complexity index is 1000. The van der Waals surface area contributed by atoms with Crippen molar-refractivity contribution in [3.63, 3.8) is 0 Å². The Kier molecular flexibility index (Phi) is 8.42. The number of carbonyl (C=O) groups is 1. The number of aliphatic carboxylic acids is 1. The molecule has 0 bridgehead atoms. The summed E-state index contributed by atoms with van der Waals surface area (Å²) < 4.78 is 6.11. The van der Waals surface area contributed by atoms with Crippen molar-refractivity contribution < 1.29 is 14.6 Å². The van der Waals surface area contributed by atoms with Crippen molar-refractivity contribution in [3.05, 3.63) is 35.8 Å². The van der Waals surface area contributed by atoms with Gasteiger partial charge in [0, 0.05) is 42.7 Å². The molecule has 1 fully saturated rings. The molecule has 0 radical (unpaired) electrons. The highest BCUT2D eigenvalue weighted by Gasteiger charge is 2.35. The molecule has 7 heteroatoms. The molecule has 7 nitrogen and oxygen atoms in total. The predicted molar refractivity (Wildman–Crippen MR) is 142 cm³/mol. The Morgan fingerprint density at radius 1 is 1.20 bits per heavy atom. The van der Waals surface area contributed by atoms with Crippen LogP contribution in [-0.4, -0.2) is 46.3 Å².